The predicted octanol–water partition coefficient (Wildman–Crippen LogP) is 2.95. The summed E-state index contributed by atoms with van der Waals surface area (Å²) in [5.74, 6) is 0.870. The van der Waals surface area contributed by atoms with Crippen LogP contribution in [0.15, 0.2) is 45.3 Å². The van der Waals surface area contributed by atoms with Gasteiger partial charge >= 0.3 is 0 Å². The predicted molar refractivity (Wildman–Crippen MR) is 83.3 cm³/mol. The van der Waals surface area contributed by atoms with Crippen molar-refractivity contribution in [1.29, 1.82) is 0 Å². The number of methoxy groups -OCH3 is 1. The van der Waals surface area contributed by atoms with Gasteiger partial charge in [0, 0.05) is 21.2 Å². The van der Waals surface area contributed by atoms with E-state index in [0.29, 0.717) is 5.56 Å². The minimum atomic E-state index is 0.0658. The summed E-state index contributed by atoms with van der Waals surface area (Å²) < 4.78 is 5.15. The highest BCUT2D eigenvalue weighted by Gasteiger charge is 2.14. The average molecular weight is 303 g/mol. The van der Waals surface area contributed by atoms with Crippen LogP contribution in [-0.4, -0.2) is 23.1 Å². The third-order valence-electron chi connectivity index (χ3n) is 2.94. The molecule has 3 N–H and O–H groups in total. The van der Waals surface area contributed by atoms with Crippen LogP contribution in [0.4, 0.5) is 0 Å². The summed E-state index contributed by atoms with van der Waals surface area (Å²) in [5.41, 5.74) is 8.05. The molecule has 0 aliphatic rings. The zero-order valence-corrected chi connectivity index (χ0v) is 12.9. The van der Waals surface area contributed by atoms with E-state index in [4.69, 9.17) is 15.7 Å². The van der Waals surface area contributed by atoms with Crippen molar-refractivity contribution in [2.75, 3.05) is 7.11 Å². The first-order valence-corrected chi connectivity index (χ1v) is 7.15. The van der Waals surface area contributed by atoms with E-state index in [0.717, 1.165) is 26.9 Å². The van der Waals surface area contributed by atoms with Gasteiger partial charge in [-0.3, -0.25) is 4.98 Å². The third kappa shape index (κ3) is 3.46. The van der Waals surface area contributed by atoms with Crippen molar-refractivity contribution in [3.8, 4) is 5.75 Å². The molecular weight excluding hydrogens is 286 g/mol. The lowest BCUT2D eigenvalue weighted by molar-refractivity contribution is 0.318. The number of rotatable bonds is 4. The van der Waals surface area contributed by atoms with E-state index in [1.165, 1.54) is 11.8 Å². The molecule has 0 radical (unpaired) electrons. The number of hydrogen-bond donors (Lipinski definition) is 2. The van der Waals surface area contributed by atoms with Gasteiger partial charge in [-0.1, -0.05) is 16.9 Å². The van der Waals surface area contributed by atoms with Gasteiger partial charge in [-0.25, -0.2) is 0 Å². The summed E-state index contributed by atoms with van der Waals surface area (Å²) in [6.07, 6.45) is 0. The minimum absolute atomic E-state index is 0.0658. The van der Waals surface area contributed by atoms with Gasteiger partial charge in [0.15, 0.2) is 5.84 Å². The van der Waals surface area contributed by atoms with Crippen molar-refractivity contribution in [3.05, 3.63) is 47.3 Å². The van der Waals surface area contributed by atoms with Gasteiger partial charge in [-0.05, 0) is 44.2 Å². The molecule has 0 saturated heterocycles. The van der Waals surface area contributed by atoms with E-state index in [2.05, 4.69) is 10.1 Å². The maximum Gasteiger partial charge on any atom is 0.173 e. The molecule has 0 atom stereocenters. The van der Waals surface area contributed by atoms with Gasteiger partial charge in [-0.2, -0.15) is 0 Å². The lowest BCUT2D eigenvalue weighted by Crippen LogP contribution is -2.17. The second kappa shape index (κ2) is 6.49. The lowest BCUT2D eigenvalue weighted by atomic mass is 10.1. The Labute approximate surface area is 127 Å². The van der Waals surface area contributed by atoms with Crippen LogP contribution in [-0.2, 0) is 0 Å². The molecule has 0 aliphatic carbocycles. The summed E-state index contributed by atoms with van der Waals surface area (Å²) in [5, 5.41) is 12.1. The molecule has 6 heteroatoms. The first kappa shape index (κ1) is 15.2. The molecule has 0 fully saturated rings. The highest BCUT2D eigenvalue weighted by molar-refractivity contribution is 7.99. The number of oxime groups is 1. The molecule has 1 aromatic heterocycles. The molecule has 0 spiro atoms. The number of aromatic nitrogens is 1. The van der Waals surface area contributed by atoms with Crippen molar-refractivity contribution in [3.63, 3.8) is 0 Å². The maximum absolute atomic E-state index is 8.95. The summed E-state index contributed by atoms with van der Waals surface area (Å²) in [4.78, 5) is 6.31. The number of hydrogen-bond acceptors (Lipinski definition) is 5. The topological polar surface area (TPSA) is 80.7 Å². The monoisotopic (exact) mass is 303 g/mol. The van der Waals surface area contributed by atoms with Crippen LogP contribution in [0.25, 0.3) is 0 Å². The van der Waals surface area contributed by atoms with Crippen LogP contribution in [0.3, 0.4) is 0 Å². The second-order valence-corrected chi connectivity index (χ2v) is 5.60. The molecule has 5 nitrogen and oxygen atoms in total. The average Bonchev–Trinajstić information content (AvgIpc) is 2.47. The van der Waals surface area contributed by atoms with E-state index < -0.39 is 0 Å². The minimum Gasteiger partial charge on any atom is -0.497 e. The molecule has 110 valence electrons. The second-order valence-electron chi connectivity index (χ2n) is 4.49. The van der Waals surface area contributed by atoms with Crippen LogP contribution >= 0.6 is 11.8 Å². The summed E-state index contributed by atoms with van der Waals surface area (Å²) in [6.45, 7) is 3.76. The first-order valence-electron chi connectivity index (χ1n) is 6.33. The number of nitrogens with zero attached hydrogens (tertiary/aromatic N) is 2. The SMILES string of the molecule is COc1ccc(Sc2cc(C)nc(C)c2/C(N)=N/O)cc1. The normalized spacial score (nSPS) is 11.5. The van der Waals surface area contributed by atoms with Crippen molar-refractivity contribution >= 4 is 17.6 Å². The molecule has 2 rings (SSSR count). The molecule has 1 aromatic carbocycles. The van der Waals surface area contributed by atoms with Gasteiger partial charge in [0.2, 0.25) is 0 Å². The first-order chi connectivity index (χ1) is 10.0. The van der Waals surface area contributed by atoms with Crippen molar-refractivity contribution in [2.24, 2.45) is 10.9 Å². The summed E-state index contributed by atoms with van der Waals surface area (Å²) >= 11 is 1.54. The number of benzene rings is 1. The molecule has 0 saturated carbocycles. The summed E-state index contributed by atoms with van der Waals surface area (Å²) in [7, 11) is 1.63. The van der Waals surface area contributed by atoms with Crippen LogP contribution in [0.1, 0.15) is 17.0 Å². The zero-order chi connectivity index (χ0) is 15.4. The smallest absolute Gasteiger partial charge is 0.173 e. The Balaban J connectivity index is 2.42. The number of aryl methyl sites for hydroxylation is 2. The molecular formula is C15H17N3O2S. The van der Waals surface area contributed by atoms with E-state index in [1.807, 2.05) is 44.2 Å². The summed E-state index contributed by atoms with van der Waals surface area (Å²) in [6, 6.07) is 9.64. The van der Waals surface area contributed by atoms with Crippen LogP contribution in [0, 0.1) is 13.8 Å². The molecule has 21 heavy (non-hydrogen) atoms. The highest BCUT2D eigenvalue weighted by atomic mass is 32.2. The molecule has 0 amide bonds. The Bertz CT molecular complexity index is 669. The fourth-order valence-electron chi connectivity index (χ4n) is 2.01. The van der Waals surface area contributed by atoms with Crippen molar-refractivity contribution in [1.82, 2.24) is 4.98 Å². The van der Waals surface area contributed by atoms with Crippen LogP contribution < -0.4 is 10.5 Å². The van der Waals surface area contributed by atoms with Crippen molar-refractivity contribution < 1.29 is 9.94 Å². The van der Waals surface area contributed by atoms with Gasteiger partial charge < -0.3 is 15.7 Å². The van der Waals surface area contributed by atoms with Gasteiger partial charge in [0.05, 0.1) is 12.7 Å². The molecule has 2 aromatic rings. The number of nitrogens with two attached hydrogens (primary N) is 1. The van der Waals surface area contributed by atoms with Crippen molar-refractivity contribution in [2.45, 2.75) is 23.6 Å². The Kier molecular flexibility index (Phi) is 4.70. The Hall–Kier alpha value is -2.21. The van der Waals surface area contributed by atoms with E-state index in [1.54, 1.807) is 7.11 Å². The fourth-order valence-corrected chi connectivity index (χ4v) is 3.12. The molecule has 0 unspecified atom stereocenters. The van der Waals surface area contributed by atoms with Gasteiger partial charge in [0.25, 0.3) is 0 Å². The largest absolute Gasteiger partial charge is 0.497 e. The maximum atomic E-state index is 8.95. The highest BCUT2D eigenvalue weighted by Crippen LogP contribution is 2.32. The Morgan fingerprint density at radius 2 is 1.95 bits per heavy atom. The number of amidine groups is 1. The number of ether oxygens (including phenoxy) is 1. The lowest BCUT2D eigenvalue weighted by Gasteiger charge is -2.12. The van der Waals surface area contributed by atoms with E-state index >= 15 is 0 Å². The Morgan fingerprint density at radius 1 is 1.29 bits per heavy atom. The number of pyridine rings is 1. The standard InChI is InChI=1S/C15H17N3O2S/c1-9-8-13(14(10(2)17-9)15(16)18-19)21-12-6-4-11(20-3)5-7-12/h4-8,19H,1-3H3,(H2,16,18). The third-order valence-corrected chi connectivity index (χ3v) is 3.99. The van der Waals surface area contributed by atoms with E-state index in [-0.39, 0.29) is 5.84 Å². The molecule has 1 heterocycles. The quantitative estimate of drug-likeness (QED) is 0.393. The molecule has 0 aliphatic heterocycles. The fraction of sp³-hybridized carbons (Fsp3) is 0.200. The zero-order valence-electron chi connectivity index (χ0n) is 12.1. The Morgan fingerprint density at radius 3 is 2.52 bits per heavy atom. The van der Waals surface area contributed by atoms with Gasteiger partial charge in [-0.15, -0.1) is 0 Å². The van der Waals surface area contributed by atoms with E-state index in [9.17, 15) is 0 Å². The van der Waals surface area contributed by atoms with Gasteiger partial charge in [0.1, 0.15) is 5.75 Å². The van der Waals surface area contributed by atoms with Crippen LogP contribution in [0.5, 0.6) is 5.75 Å². The molecule has 0 bridgehead atoms. The van der Waals surface area contributed by atoms with Crippen LogP contribution in [0.2, 0.25) is 0 Å².